The maximum absolute atomic E-state index is 12.5. The topological polar surface area (TPSA) is 67.3 Å². The van der Waals surface area contributed by atoms with Crippen LogP contribution in [0.5, 0.6) is 0 Å². The highest BCUT2D eigenvalue weighted by atomic mass is 32.1. The van der Waals surface area contributed by atoms with Crippen LogP contribution in [0.25, 0.3) is 141 Å². The number of fused-ring (bicyclic) bond motifs is 16. The molecule has 16 rings (SSSR count). The van der Waals surface area contributed by atoms with Crippen LogP contribution in [-0.2, 0) is 0 Å². The van der Waals surface area contributed by atoms with Gasteiger partial charge in [-0.05, 0) is 65.7 Å². The molecule has 5 aromatic heterocycles. The molecule has 5 heterocycles. The van der Waals surface area contributed by atoms with Gasteiger partial charge >= 0.3 is 0 Å². The molecule has 0 aliphatic heterocycles. The van der Waals surface area contributed by atoms with Gasteiger partial charge in [-0.3, -0.25) is 0 Å². The second kappa shape index (κ2) is 15.7. The fraction of sp³-hybridized carbons (Fsp3) is 0. The molecule has 346 valence electrons. The number of thiophene rings is 1. The number of rotatable bonds is 5. The van der Waals surface area contributed by atoms with Crippen molar-refractivity contribution in [2.45, 2.75) is 0 Å². The third-order valence-corrected chi connectivity index (χ3v) is 16.8. The SMILES string of the molecule is N#Cc1c(-n2c3ccccc3c3ccccc32)c(C#N)c(-n2c3ccccc3c3ccccc32)c(-n2c3ccc(-c4ccccc4)cc3c3ccc4c5ccccc5sc4c32)c1-n1c2ccccc2c2ccccc21. The van der Waals surface area contributed by atoms with E-state index in [-0.39, 0.29) is 0 Å². The fourth-order valence-electron chi connectivity index (χ4n) is 12.6. The number of nitrogens with zero attached hydrogens (tertiary/aromatic N) is 6. The Morgan fingerprint density at radius 2 is 0.667 bits per heavy atom. The molecule has 0 aliphatic carbocycles. The minimum atomic E-state index is 0.378. The molecule has 0 N–H and O–H groups in total. The van der Waals surface area contributed by atoms with E-state index in [1.165, 1.54) is 10.1 Å². The quantitative estimate of drug-likeness (QED) is 0.172. The molecular weight excluding hydrogens is 933 g/mol. The van der Waals surface area contributed by atoms with Crippen LogP contribution in [0.4, 0.5) is 0 Å². The van der Waals surface area contributed by atoms with Gasteiger partial charge in [-0.2, -0.15) is 10.5 Å². The van der Waals surface area contributed by atoms with E-state index in [2.05, 4.69) is 249 Å². The van der Waals surface area contributed by atoms with Gasteiger partial charge in [0.2, 0.25) is 0 Å². The Labute approximate surface area is 432 Å². The van der Waals surface area contributed by atoms with Crippen LogP contribution >= 0.6 is 11.3 Å². The van der Waals surface area contributed by atoms with Gasteiger partial charge in [-0.15, -0.1) is 11.3 Å². The summed E-state index contributed by atoms with van der Waals surface area (Å²) in [7, 11) is 0. The molecule has 11 aromatic carbocycles. The van der Waals surface area contributed by atoms with Crippen LogP contribution in [-0.4, -0.2) is 18.3 Å². The number of hydrogen-bond acceptors (Lipinski definition) is 3. The number of hydrogen-bond donors (Lipinski definition) is 0. The van der Waals surface area contributed by atoms with Gasteiger partial charge in [-0.25, -0.2) is 0 Å². The second-order valence-electron chi connectivity index (χ2n) is 19.3. The third kappa shape index (κ3) is 5.59. The van der Waals surface area contributed by atoms with Crippen LogP contribution in [0.3, 0.4) is 0 Å². The largest absolute Gasteiger partial charge is 0.306 e. The van der Waals surface area contributed by atoms with Gasteiger partial charge < -0.3 is 18.3 Å². The Balaban J connectivity index is 1.24. The Morgan fingerprint density at radius 3 is 1.13 bits per heavy atom. The number of aromatic nitrogens is 4. The average molecular weight is 971 g/mol. The molecule has 0 bridgehead atoms. The predicted molar refractivity (Wildman–Crippen MR) is 312 cm³/mol. The van der Waals surface area contributed by atoms with E-state index in [1.807, 2.05) is 12.1 Å². The van der Waals surface area contributed by atoms with Gasteiger partial charge in [0.1, 0.15) is 23.3 Å². The van der Waals surface area contributed by atoms with E-state index < -0.39 is 0 Å². The monoisotopic (exact) mass is 970 g/mol. The lowest BCUT2D eigenvalue weighted by atomic mass is 9.98. The minimum Gasteiger partial charge on any atom is -0.306 e. The first-order chi connectivity index (χ1) is 37.2. The number of nitriles is 2. The molecule has 0 atom stereocenters. The van der Waals surface area contributed by atoms with Gasteiger partial charge in [-0.1, -0.05) is 176 Å². The lowest BCUT2D eigenvalue weighted by molar-refractivity contribution is 1.02. The van der Waals surface area contributed by atoms with E-state index in [0.717, 1.165) is 114 Å². The zero-order valence-electron chi connectivity index (χ0n) is 40.0. The van der Waals surface area contributed by atoms with Crippen molar-refractivity contribution in [1.29, 1.82) is 10.5 Å². The van der Waals surface area contributed by atoms with Crippen LogP contribution < -0.4 is 0 Å². The molecular formula is C68H38N6S. The lowest BCUT2D eigenvalue weighted by Gasteiger charge is -2.27. The fourth-order valence-corrected chi connectivity index (χ4v) is 13.8. The molecule has 0 unspecified atom stereocenters. The van der Waals surface area contributed by atoms with Crippen LogP contribution in [0.15, 0.2) is 231 Å². The first kappa shape index (κ1) is 41.4. The summed E-state index contributed by atoms with van der Waals surface area (Å²) in [6, 6.07) is 87.2. The molecule has 0 fully saturated rings. The van der Waals surface area contributed by atoms with E-state index in [0.29, 0.717) is 28.2 Å². The minimum absolute atomic E-state index is 0.378. The first-order valence-corrected chi connectivity index (χ1v) is 26.0. The van der Waals surface area contributed by atoms with E-state index >= 15 is 0 Å². The smallest absolute Gasteiger partial charge is 0.104 e. The second-order valence-corrected chi connectivity index (χ2v) is 20.4. The molecule has 0 spiro atoms. The Kier molecular flexibility index (Phi) is 8.65. The van der Waals surface area contributed by atoms with E-state index in [1.54, 1.807) is 11.3 Å². The Bertz CT molecular complexity index is 4910. The number of para-hydroxylation sites is 6. The molecule has 0 amide bonds. The Hall–Kier alpha value is -10.2. The summed E-state index contributed by atoms with van der Waals surface area (Å²) in [5, 5.41) is 35.9. The summed E-state index contributed by atoms with van der Waals surface area (Å²) >= 11 is 1.79. The maximum Gasteiger partial charge on any atom is 0.104 e. The highest BCUT2D eigenvalue weighted by molar-refractivity contribution is 7.26. The molecule has 6 nitrogen and oxygen atoms in total. The van der Waals surface area contributed by atoms with Crippen molar-refractivity contribution in [3.63, 3.8) is 0 Å². The molecule has 0 saturated carbocycles. The normalized spacial score (nSPS) is 12.0. The van der Waals surface area contributed by atoms with E-state index in [4.69, 9.17) is 0 Å². The van der Waals surface area contributed by atoms with E-state index in [9.17, 15) is 10.5 Å². The summed E-state index contributed by atoms with van der Waals surface area (Å²) in [5.74, 6) is 0. The van der Waals surface area contributed by atoms with Crippen LogP contribution in [0.1, 0.15) is 11.1 Å². The van der Waals surface area contributed by atoms with Gasteiger partial charge in [0.05, 0.1) is 71.6 Å². The zero-order chi connectivity index (χ0) is 49.5. The maximum atomic E-state index is 12.5. The predicted octanol–water partition coefficient (Wildman–Crippen LogP) is 17.9. The highest BCUT2D eigenvalue weighted by Crippen LogP contribution is 2.51. The van der Waals surface area contributed by atoms with Crippen molar-refractivity contribution >= 4 is 119 Å². The zero-order valence-corrected chi connectivity index (χ0v) is 40.8. The molecule has 0 saturated heterocycles. The van der Waals surface area contributed by atoms with Crippen molar-refractivity contribution < 1.29 is 0 Å². The summed E-state index contributed by atoms with van der Waals surface area (Å²) in [5.41, 5.74) is 13.1. The van der Waals surface area contributed by atoms with Crippen molar-refractivity contribution in [2.24, 2.45) is 0 Å². The van der Waals surface area contributed by atoms with Gasteiger partial charge in [0.15, 0.2) is 0 Å². The summed E-state index contributed by atoms with van der Waals surface area (Å²) < 4.78 is 11.5. The summed E-state index contributed by atoms with van der Waals surface area (Å²) in [4.78, 5) is 0. The van der Waals surface area contributed by atoms with Crippen molar-refractivity contribution in [3.05, 3.63) is 242 Å². The average Bonchev–Trinajstić information content (AvgIpc) is 4.32. The third-order valence-electron chi connectivity index (χ3n) is 15.6. The van der Waals surface area contributed by atoms with Crippen molar-refractivity contribution in [2.75, 3.05) is 0 Å². The van der Waals surface area contributed by atoms with Gasteiger partial charge in [0, 0.05) is 58.6 Å². The molecule has 75 heavy (non-hydrogen) atoms. The number of benzene rings is 11. The van der Waals surface area contributed by atoms with Crippen molar-refractivity contribution in [1.82, 2.24) is 18.3 Å². The summed E-state index contributed by atoms with van der Waals surface area (Å²) in [6.07, 6.45) is 0. The van der Waals surface area contributed by atoms with Crippen molar-refractivity contribution in [3.8, 4) is 46.0 Å². The highest BCUT2D eigenvalue weighted by Gasteiger charge is 2.35. The summed E-state index contributed by atoms with van der Waals surface area (Å²) in [6.45, 7) is 0. The van der Waals surface area contributed by atoms with Crippen LogP contribution in [0.2, 0.25) is 0 Å². The molecule has 16 aromatic rings. The van der Waals surface area contributed by atoms with Crippen LogP contribution in [0, 0.1) is 22.7 Å². The van der Waals surface area contributed by atoms with Gasteiger partial charge in [0.25, 0.3) is 0 Å². The molecule has 7 heteroatoms. The first-order valence-electron chi connectivity index (χ1n) is 25.1. The molecule has 0 aliphatic rings. The lowest BCUT2D eigenvalue weighted by Crippen LogP contribution is -2.17. The molecule has 0 radical (unpaired) electrons. The Morgan fingerprint density at radius 1 is 0.280 bits per heavy atom. The standard InChI is InChI=1S/C68H38N6S/c69-39-53-63(71-55-27-11-4-20-43(55)44-21-5-12-28-56(44)71)54(40-70)65(73-59-31-15-8-24-47(59)48-25-9-16-32-60(48)73)67(64(53)72-57-29-13-6-22-45(57)46-23-7-14-30-58(46)72)74-61-37-34-42(41-18-2-1-3-19-41)38-52(61)50-35-36-51-49-26-10-17-33-62(49)75-68(51)66(50)74/h1-38H.